The lowest BCUT2D eigenvalue weighted by atomic mass is 10.2. The maximum absolute atomic E-state index is 11.1. The summed E-state index contributed by atoms with van der Waals surface area (Å²) in [7, 11) is 0. The summed E-state index contributed by atoms with van der Waals surface area (Å²) < 4.78 is 1.78. The molecule has 7 heteroatoms. The van der Waals surface area contributed by atoms with Crippen molar-refractivity contribution in [3.63, 3.8) is 0 Å². The number of carbonyl (C=O) groups is 1. The summed E-state index contributed by atoms with van der Waals surface area (Å²) in [5.41, 5.74) is 6.99. The Morgan fingerprint density at radius 1 is 1.53 bits per heavy atom. The molecule has 19 heavy (non-hydrogen) atoms. The quantitative estimate of drug-likeness (QED) is 0.740. The van der Waals surface area contributed by atoms with Crippen molar-refractivity contribution >= 4 is 17.5 Å². The first-order valence-corrected chi connectivity index (χ1v) is 5.78. The highest BCUT2D eigenvalue weighted by molar-refractivity contribution is 5.94. The Kier molecular flexibility index (Phi) is 3.65. The molecule has 0 aliphatic rings. The van der Waals surface area contributed by atoms with E-state index < -0.39 is 5.97 Å². The number of aromatic nitrogens is 3. The number of hydrogen-bond acceptors (Lipinski definition) is 5. The number of aromatic carboxylic acids is 1. The van der Waals surface area contributed by atoms with Gasteiger partial charge in [-0.15, -0.1) is 0 Å². The lowest BCUT2D eigenvalue weighted by Crippen LogP contribution is -2.14. The zero-order valence-electron chi connectivity index (χ0n) is 10.5. The number of pyridine rings is 1. The van der Waals surface area contributed by atoms with Gasteiger partial charge in [0, 0.05) is 12.7 Å². The molecule has 2 heterocycles. The van der Waals surface area contributed by atoms with Gasteiger partial charge in [0.25, 0.3) is 0 Å². The number of nitrogens with two attached hydrogens (primary N) is 1. The van der Waals surface area contributed by atoms with Gasteiger partial charge in [0.1, 0.15) is 11.4 Å². The van der Waals surface area contributed by atoms with E-state index >= 15 is 0 Å². The first kappa shape index (κ1) is 12.9. The summed E-state index contributed by atoms with van der Waals surface area (Å²) in [5, 5.41) is 16.2. The maximum atomic E-state index is 11.1. The van der Waals surface area contributed by atoms with Gasteiger partial charge in [0.15, 0.2) is 0 Å². The smallest absolute Gasteiger partial charge is 0.339 e. The van der Waals surface area contributed by atoms with Crippen LogP contribution in [0.25, 0.3) is 0 Å². The van der Waals surface area contributed by atoms with Gasteiger partial charge in [-0.25, -0.2) is 9.78 Å². The van der Waals surface area contributed by atoms with E-state index in [2.05, 4.69) is 15.4 Å². The van der Waals surface area contributed by atoms with Crippen LogP contribution in [-0.2, 0) is 6.54 Å². The molecule has 0 fully saturated rings. The SMILES string of the molecule is Cc1cnn(CCNc2ncc(N)cc2C(=O)O)c1. The number of carboxylic acids is 1. The summed E-state index contributed by atoms with van der Waals surface area (Å²) in [6.07, 6.45) is 5.10. The van der Waals surface area contributed by atoms with Crippen molar-refractivity contribution in [2.75, 3.05) is 17.6 Å². The minimum atomic E-state index is -1.06. The molecule has 0 atom stereocenters. The van der Waals surface area contributed by atoms with Crippen LogP contribution >= 0.6 is 0 Å². The van der Waals surface area contributed by atoms with Crippen LogP contribution in [0.5, 0.6) is 0 Å². The molecule has 0 spiro atoms. The highest BCUT2D eigenvalue weighted by atomic mass is 16.4. The number of hydrogen-bond donors (Lipinski definition) is 3. The summed E-state index contributed by atoms with van der Waals surface area (Å²) in [4.78, 5) is 15.0. The molecule has 0 amide bonds. The average Bonchev–Trinajstić information content (AvgIpc) is 2.77. The fourth-order valence-corrected chi connectivity index (χ4v) is 1.66. The molecule has 2 aromatic heterocycles. The molecule has 2 aromatic rings. The molecule has 0 aliphatic carbocycles. The van der Waals surface area contributed by atoms with Gasteiger partial charge in [0.2, 0.25) is 0 Å². The van der Waals surface area contributed by atoms with Gasteiger partial charge in [-0.3, -0.25) is 4.68 Å². The molecule has 0 aliphatic heterocycles. The standard InChI is InChI=1S/C12H15N5O2/c1-8-5-16-17(7-8)3-2-14-11-10(12(18)19)4-9(13)6-15-11/h4-7H,2-3,13H2,1H3,(H,14,15)(H,18,19). The van der Waals surface area contributed by atoms with Gasteiger partial charge in [-0.1, -0.05) is 0 Å². The molecule has 0 bridgehead atoms. The second kappa shape index (κ2) is 5.38. The van der Waals surface area contributed by atoms with Gasteiger partial charge in [-0.2, -0.15) is 5.10 Å². The lowest BCUT2D eigenvalue weighted by Gasteiger charge is -2.09. The monoisotopic (exact) mass is 261 g/mol. The normalized spacial score (nSPS) is 10.4. The molecule has 0 saturated heterocycles. The van der Waals surface area contributed by atoms with E-state index in [0.29, 0.717) is 24.6 Å². The number of nitrogens with one attached hydrogen (secondary N) is 1. The highest BCUT2D eigenvalue weighted by Crippen LogP contribution is 2.15. The fraction of sp³-hybridized carbons (Fsp3) is 0.250. The topological polar surface area (TPSA) is 106 Å². The van der Waals surface area contributed by atoms with E-state index in [9.17, 15) is 4.79 Å². The molecular weight excluding hydrogens is 246 g/mol. The van der Waals surface area contributed by atoms with Crippen molar-refractivity contribution in [3.05, 3.63) is 35.8 Å². The predicted molar refractivity (Wildman–Crippen MR) is 71.1 cm³/mol. The number of rotatable bonds is 5. The number of carboxylic acid groups (broad SMARTS) is 1. The van der Waals surface area contributed by atoms with Gasteiger partial charge in [0.05, 0.1) is 24.6 Å². The maximum Gasteiger partial charge on any atom is 0.339 e. The van der Waals surface area contributed by atoms with E-state index in [1.54, 1.807) is 10.9 Å². The minimum absolute atomic E-state index is 0.0663. The Bertz CT molecular complexity index is 594. The summed E-state index contributed by atoms with van der Waals surface area (Å²) in [6, 6.07) is 1.38. The third-order valence-corrected chi connectivity index (χ3v) is 2.53. The van der Waals surface area contributed by atoms with Crippen LogP contribution in [0.4, 0.5) is 11.5 Å². The van der Waals surface area contributed by atoms with E-state index in [1.165, 1.54) is 12.3 Å². The predicted octanol–water partition coefficient (Wildman–Crippen LogP) is 0.979. The Labute approximate surface area is 110 Å². The van der Waals surface area contributed by atoms with Crippen LogP contribution in [0.3, 0.4) is 0 Å². The molecule has 0 unspecified atom stereocenters. The molecule has 4 N–H and O–H groups in total. The number of aryl methyl sites for hydroxylation is 1. The zero-order valence-corrected chi connectivity index (χ0v) is 10.5. The number of nitrogens with zero attached hydrogens (tertiary/aromatic N) is 3. The molecule has 0 saturated carbocycles. The second-order valence-electron chi connectivity index (χ2n) is 4.18. The Morgan fingerprint density at radius 2 is 2.32 bits per heavy atom. The molecule has 2 rings (SSSR count). The summed E-state index contributed by atoms with van der Waals surface area (Å²) in [5.74, 6) is -0.747. The average molecular weight is 261 g/mol. The second-order valence-corrected chi connectivity index (χ2v) is 4.18. The molecule has 100 valence electrons. The van der Waals surface area contributed by atoms with Crippen LogP contribution in [0.1, 0.15) is 15.9 Å². The van der Waals surface area contributed by atoms with Gasteiger partial charge < -0.3 is 16.2 Å². The van der Waals surface area contributed by atoms with Crippen molar-refractivity contribution in [1.29, 1.82) is 0 Å². The van der Waals surface area contributed by atoms with E-state index in [4.69, 9.17) is 10.8 Å². The summed E-state index contributed by atoms with van der Waals surface area (Å²) >= 11 is 0. The Morgan fingerprint density at radius 3 is 2.95 bits per heavy atom. The fourth-order valence-electron chi connectivity index (χ4n) is 1.66. The van der Waals surface area contributed by atoms with E-state index in [1.807, 2.05) is 13.1 Å². The molecular formula is C12H15N5O2. The van der Waals surface area contributed by atoms with Crippen molar-refractivity contribution in [2.45, 2.75) is 13.5 Å². The van der Waals surface area contributed by atoms with Crippen LogP contribution in [-0.4, -0.2) is 32.4 Å². The van der Waals surface area contributed by atoms with Crippen LogP contribution in [0.15, 0.2) is 24.7 Å². The Balaban J connectivity index is 2.01. The third-order valence-electron chi connectivity index (χ3n) is 2.53. The van der Waals surface area contributed by atoms with Crippen molar-refractivity contribution in [3.8, 4) is 0 Å². The molecule has 0 radical (unpaired) electrons. The van der Waals surface area contributed by atoms with Crippen molar-refractivity contribution in [2.24, 2.45) is 0 Å². The first-order valence-electron chi connectivity index (χ1n) is 5.78. The van der Waals surface area contributed by atoms with E-state index in [0.717, 1.165) is 5.56 Å². The van der Waals surface area contributed by atoms with E-state index in [-0.39, 0.29) is 5.56 Å². The summed E-state index contributed by atoms with van der Waals surface area (Å²) in [6.45, 7) is 3.11. The minimum Gasteiger partial charge on any atom is -0.478 e. The Hall–Kier alpha value is -2.57. The van der Waals surface area contributed by atoms with Crippen molar-refractivity contribution in [1.82, 2.24) is 14.8 Å². The molecule has 7 nitrogen and oxygen atoms in total. The van der Waals surface area contributed by atoms with Crippen molar-refractivity contribution < 1.29 is 9.90 Å². The first-order chi connectivity index (χ1) is 9.06. The lowest BCUT2D eigenvalue weighted by molar-refractivity contribution is 0.0697. The van der Waals surface area contributed by atoms with Gasteiger partial charge in [-0.05, 0) is 18.6 Å². The number of anilines is 2. The van der Waals surface area contributed by atoms with Crippen LogP contribution < -0.4 is 11.1 Å². The highest BCUT2D eigenvalue weighted by Gasteiger charge is 2.11. The number of nitrogen functional groups attached to an aromatic ring is 1. The van der Waals surface area contributed by atoms with Gasteiger partial charge >= 0.3 is 5.97 Å². The third kappa shape index (κ3) is 3.21. The zero-order chi connectivity index (χ0) is 13.8. The molecule has 0 aromatic carbocycles. The van der Waals surface area contributed by atoms with Crippen LogP contribution in [0.2, 0.25) is 0 Å². The largest absolute Gasteiger partial charge is 0.478 e. The van der Waals surface area contributed by atoms with Crippen LogP contribution in [0, 0.1) is 6.92 Å².